The number of ether oxygens (including phenoxy) is 2. The molecular weight excluding hydrogens is 344 g/mol. The number of carbonyl (C=O) groups excluding carboxylic acids is 2. The molecule has 3 rings (SSSR count). The van der Waals surface area contributed by atoms with Crippen LogP contribution in [0.4, 0.5) is 5.69 Å². The Bertz CT molecular complexity index is 828. The van der Waals surface area contributed by atoms with E-state index in [-0.39, 0.29) is 30.8 Å². The van der Waals surface area contributed by atoms with Crippen LogP contribution in [0.25, 0.3) is 0 Å². The van der Waals surface area contributed by atoms with Crippen LogP contribution in [0.3, 0.4) is 0 Å². The van der Waals surface area contributed by atoms with Crippen molar-refractivity contribution in [3.63, 3.8) is 0 Å². The number of carbonyl (C=O) groups is 2. The molecule has 2 amide bonds. The number of benzene rings is 2. The summed E-state index contributed by atoms with van der Waals surface area (Å²) in [6.45, 7) is 2.31. The highest BCUT2D eigenvalue weighted by molar-refractivity contribution is 5.98. The average molecular weight is 368 g/mol. The molecule has 0 aliphatic carbocycles. The van der Waals surface area contributed by atoms with Crippen molar-refractivity contribution in [3.05, 3.63) is 53.6 Å². The van der Waals surface area contributed by atoms with Gasteiger partial charge in [-0.2, -0.15) is 0 Å². The first-order chi connectivity index (χ1) is 13.0. The molecule has 6 heteroatoms. The summed E-state index contributed by atoms with van der Waals surface area (Å²) >= 11 is 0. The van der Waals surface area contributed by atoms with Gasteiger partial charge in [-0.3, -0.25) is 9.59 Å². The Morgan fingerprint density at radius 2 is 1.78 bits per heavy atom. The fraction of sp³-hybridized carbons (Fsp3) is 0.333. The molecule has 1 atom stereocenters. The van der Waals surface area contributed by atoms with Crippen LogP contribution in [0.2, 0.25) is 0 Å². The number of hydrogen-bond acceptors (Lipinski definition) is 4. The molecular formula is C21H24N2O4. The van der Waals surface area contributed by atoms with Crippen molar-refractivity contribution in [3.8, 4) is 11.5 Å². The molecule has 1 N–H and O–H groups in total. The molecule has 142 valence electrons. The zero-order valence-electron chi connectivity index (χ0n) is 15.8. The summed E-state index contributed by atoms with van der Waals surface area (Å²) in [7, 11) is 3.06. The summed E-state index contributed by atoms with van der Waals surface area (Å²) in [5.74, 6) is 0.821. The van der Waals surface area contributed by atoms with Crippen LogP contribution in [0.15, 0.2) is 42.5 Å². The second-order valence-electron chi connectivity index (χ2n) is 6.55. The summed E-state index contributed by atoms with van der Waals surface area (Å²) in [5.41, 5.74) is 2.59. The van der Waals surface area contributed by atoms with Crippen LogP contribution in [-0.4, -0.2) is 38.6 Å². The molecule has 1 heterocycles. The van der Waals surface area contributed by atoms with E-state index < -0.39 is 0 Å². The topological polar surface area (TPSA) is 67.9 Å². The second kappa shape index (κ2) is 8.12. The van der Waals surface area contributed by atoms with Gasteiger partial charge in [0.2, 0.25) is 5.91 Å². The van der Waals surface area contributed by atoms with Gasteiger partial charge in [-0.25, -0.2) is 0 Å². The number of anilines is 1. The summed E-state index contributed by atoms with van der Waals surface area (Å²) in [4.78, 5) is 26.9. The number of hydrogen-bond donors (Lipinski definition) is 1. The fourth-order valence-electron chi connectivity index (χ4n) is 3.39. The molecule has 27 heavy (non-hydrogen) atoms. The maximum absolute atomic E-state index is 12.7. The van der Waals surface area contributed by atoms with E-state index >= 15 is 0 Å². The minimum Gasteiger partial charge on any atom is -0.497 e. The van der Waals surface area contributed by atoms with Crippen molar-refractivity contribution in [1.82, 2.24) is 5.32 Å². The minimum atomic E-state index is -0.269. The smallest absolute Gasteiger partial charge is 0.251 e. The van der Waals surface area contributed by atoms with Crippen LogP contribution >= 0.6 is 0 Å². The molecule has 0 spiro atoms. The Kier molecular flexibility index (Phi) is 5.64. The minimum absolute atomic E-state index is 0.0102. The quantitative estimate of drug-likeness (QED) is 0.851. The molecule has 0 aromatic heterocycles. The number of fused-ring (bicyclic) bond motifs is 1. The number of nitrogens with zero attached hydrogens (tertiary/aromatic N) is 1. The van der Waals surface area contributed by atoms with Crippen LogP contribution in [0.5, 0.6) is 11.5 Å². The van der Waals surface area contributed by atoms with Gasteiger partial charge in [0.15, 0.2) is 0 Å². The van der Waals surface area contributed by atoms with E-state index in [0.29, 0.717) is 17.1 Å². The number of para-hydroxylation sites is 1. The lowest BCUT2D eigenvalue weighted by Crippen LogP contribution is -2.38. The third kappa shape index (κ3) is 4.05. The number of amides is 2. The van der Waals surface area contributed by atoms with Gasteiger partial charge in [0.1, 0.15) is 11.5 Å². The van der Waals surface area contributed by atoms with Crippen molar-refractivity contribution in [2.45, 2.75) is 25.8 Å². The Balaban J connectivity index is 1.60. The number of nitrogens with one attached hydrogen (secondary N) is 1. The molecule has 2 aromatic carbocycles. The lowest BCUT2D eigenvalue weighted by atomic mass is 10.1. The van der Waals surface area contributed by atoms with Crippen molar-refractivity contribution in [2.24, 2.45) is 0 Å². The maximum atomic E-state index is 12.7. The van der Waals surface area contributed by atoms with Crippen molar-refractivity contribution >= 4 is 17.5 Å². The molecule has 0 saturated heterocycles. The zero-order chi connectivity index (χ0) is 19.4. The van der Waals surface area contributed by atoms with Crippen molar-refractivity contribution in [2.75, 3.05) is 25.7 Å². The molecule has 6 nitrogen and oxygen atoms in total. The van der Waals surface area contributed by atoms with Gasteiger partial charge in [0.05, 0.1) is 14.2 Å². The summed E-state index contributed by atoms with van der Waals surface area (Å²) in [6, 6.07) is 13.1. The highest BCUT2D eigenvalue weighted by Gasteiger charge is 2.30. The normalized spacial score (nSPS) is 15.2. The first-order valence-electron chi connectivity index (χ1n) is 8.94. The summed E-state index contributed by atoms with van der Waals surface area (Å²) in [5, 5.41) is 2.80. The molecule has 0 fully saturated rings. The maximum Gasteiger partial charge on any atom is 0.251 e. The number of methoxy groups -OCH3 is 2. The Labute approximate surface area is 159 Å². The molecule has 1 unspecified atom stereocenters. The van der Waals surface area contributed by atoms with Crippen LogP contribution in [0, 0.1) is 0 Å². The fourth-order valence-corrected chi connectivity index (χ4v) is 3.39. The lowest BCUT2D eigenvalue weighted by molar-refractivity contribution is -0.118. The summed E-state index contributed by atoms with van der Waals surface area (Å²) < 4.78 is 10.4. The molecule has 2 aromatic rings. The van der Waals surface area contributed by atoms with Gasteiger partial charge in [-0.1, -0.05) is 18.2 Å². The zero-order valence-corrected chi connectivity index (χ0v) is 15.8. The van der Waals surface area contributed by atoms with E-state index in [2.05, 4.69) is 11.4 Å². The van der Waals surface area contributed by atoms with E-state index in [4.69, 9.17) is 9.47 Å². The Morgan fingerprint density at radius 3 is 2.44 bits per heavy atom. The Morgan fingerprint density at radius 1 is 1.11 bits per heavy atom. The predicted octanol–water partition coefficient (Wildman–Crippen LogP) is 2.80. The molecule has 0 radical (unpaired) electrons. The third-order valence-corrected chi connectivity index (χ3v) is 4.71. The van der Waals surface area contributed by atoms with Gasteiger partial charge in [-0.15, -0.1) is 0 Å². The van der Waals surface area contributed by atoms with Crippen LogP contribution in [0.1, 0.15) is 29.3 Å². The van der Waals surface area contributed by atoms with Gasteiger partial charge >= 0.3 is 0 Å². The average Bonchev–Trinajstić information content (AvgIpc) is 3.02. The second-order valence-corrected chi connectivity index (χ2v) is 6.55. The SMILES string of the molecule is COc1cc(OC)cc(C(=O)NCCC(=O)N2c3ccccc3CC2C)c1. The molecule has 1 aliphatic heterocycles. The highest BCUT2D eigenvalue weighted by Crippen LogP contribution is 2.32. The largest absolute Gasteiger partial charge is 0.497 e. The number of rotatable bonds is 6. The first kappa shape index (κ1) is 18.8. The monoisotopic (exact) mass is 368 g/mol. The third-order valence-electron chi connectivity index (χ3n) is 4.71. The van der Waals surface area contributed by atoms with E-state index in [0.717, 1.165) is 12.1 Å². The van der Waals surface area contributed by atoms with E-state index in [9.17, 15) is 9.59 Å². The van der Waals surface area contributed by atoms with Crippen LogP contribution < -0.4 is 19.7 Å². The van der Waals surface area contributed by atoms with Gasteiger partial charge in [0, 0.05) is 36.3 Å². The van der Waals surface area contributed by atoms with E-state index in [1.807, 2.05) is 30.0 Å². The highest BCUT2D eigenvalue weighted by atomic mass is 16.5. The molecule has 0 bridgehead atoms. The standard InChI is InChI=1S/C21H24N2O4/c1-14-10-15-6-4-5-7-19(15)23(14)20(24)8-9-22-21(25)16-11-17(26-2)13-18(12-16)27-3/h4-7,11-14H,8-10H2,1-3H3,(H,22,25). The predicted molar refractivity (Wildman–Crippen MR) is 104 cm³/mol. The first-order valence-corrected chi connectivity index (χ1v) is 8.94. The Hall–Kier alpha value is -3.02. The van der Waals surface area contributed by atoms with Gasteiger partial charge < -0.3 is 19.7 Å². The lowest BCUT2D eigenvalue weighted by Gasteiger charge is -2.22. The van der Waals surface area contributed by atoms with Crippen molar-refractivity contribution < 1.29 is 19.1 Å². The van der Waals surface area contributed by atoms with Crippen LogP contribution in [-0.2, 0) is 11.2 Å². The molecule has 0 saturated carbocycles. The molecule has 1 aliphatic rings. The van der Waals surface area contributed by atoms with Gasteiger partial charge in [0.25, 0.3) is 5.91 Å². The van der Waals surface area contributed by atoms with E-state index in [1.165, 1.54) is 19.8 Å². The van der Waals surface area contributed by atoms with Crippen molar-refractivity contribution in [1.29, 1.82) is 0 Å². The van der Waals surface area contributed by atoms with Gasteiger partial charge in [-0.05, 0) is 37.1 Å². The van der Waals surface area contributed by atoms with E-state index in [1.54, 1.807) is 18.2 Å². The summed E-state index contributed by atoms with van der Waals surface area (Å²) in [6.07, 6.45) is 1.10.